The SMILES string of the molecule is CN(C)/C([S-])=N/N=C/c1cnccn1.[Cl][Cu+]. The van der Waals surface area contributed by atoms with Crippen LogP contribution in [0.1, 0.15) is 5.69 Å². The zero-order chi connectivity index (χ0) is 12.4. The Morgan fingerprint density at radius 1 is 1.50 bits per heavy atom. The molecule has 0 aromatic carbocycles. The van der Waals surface area contributed by atoms with E-state index in [4.69, 9.17) is 12.6 Å². The number of amidine groups is 1. The minimum absolute atomic E-state index is 0.421. The second-order valence-corrected chi connectivity index (χ2v) is 3.02. The van der Waals surface area contributed by atoms with Gasteiger partial charge in [0.15, 0.2) is 0 Å². The topological polar surface area (TPSA) is 53.7 Å². The predicted octanol–water partition coefficient (Wildman–Crippen LogP) is 0.962. The molecule has 0 atom stereocenters. The molecule has 5 nitrogen and oxygen atoms in total. The van der Waals surface area contributed by atoms with Crippen LogP contribution in [0.5, 0.6) is 0 Å². The van der Waals surface area contributed by atoms with Crippen molar-refractivity contribution in [2.45, 2.75) is 0 Å². The Kier molecular flexibility index (Phi) is 9.03. The van der Waals surface area contributed by atoms with E-state index in [-0.39, 0.29) is 0 Å². The van der Waals surface area contributed by atoms with Gasteiger partial charge in [-0.25, -0.2) is 0 Å². The molecular weight excluding hydrogens is 297 g/mol. The van der Waals surface area contributed by atoms with E-state index in [2.05, 4.69) is 45.4 Å². The summed E-state index contributed by atoms with van der Waals surface area (Å²) in [6.45, 7) is 0. The molecule has 1 heterocycles. The second kappa shape index (κ2) is 9.47. The fourth-order valence-corrected chi connectivity index (χ4v) is 0.651. The molecule has 0 fully saturated rings. The number of rotatable bonds is 2. The van der Waals surface area contributed by atoms with Crippen molar-refractivity contribution >= 4 is 34.1 Å². The van der Waals surface area contributed by atoms with E-state index in [1.54, 1.807) is 23.5 Å². The van der Waals surface area contributed by atoms with E-state index in [9.17, 15) is 0 Å². The Bertz CT molecular complexity index is 344. The molecule has 0 unspecified atom stereocenters. The van der Waals surface area contributed by atoms with Crippen molar-refractivity contribution in [1.82, 2.24) is 14.9 Å². The van der Waals surface area contributed by atoms with Crippen LogP contribution in [0.15, 0.2) is 28.8 Å². The third kappa shape index (κ3) is 6.68. The second-order valence-electron chi connectivity index (χ2n) is 2.65. The molecule has 91 valence electrons. The van der Waals surface area contributed by atoms with E-state index in [1.165, 1.54) is 6.21 Å². The van der Waals surface area contributed by atoms with Crippen molar-refractivity contribution < 1.29 is 15.1 Å². The van der Waals surface area contributed by atoms with E-state index < -0.39 is 0 Å². The standard InChI is InChI=1S/C8H11N5S.ClH.Cu/c1-13(2)8(14)12-11-6-7-5-9-3-4-10-7;;/h3-6H,1-2H3,(H,12,14);1H;/q;;+2/p-2/b11-6+;;. The Labute approximate surface area is 112 Å². The Hall–Kier alpha value is -0.751. The molecule has 0 radical (unpaired) electrons. The molecule has 0 spiro atoms. The quantitative estimate of drug-likeness (QED) is 0.268. The average Bonchev–Trinajstić information content (AvgIpc) is 2.33. The van der Waals surface area contributed by atoms with Gasteiger partial charge in [-0.05, 0) is 0 Å². The molecule has 16 heavy (non-hydrogen) atoms. The van der Waals surface area contributed by atoms with Crippen LogP contribution in [0.3, 0.4) is 0 Å². The van der Waals surface area contributed by atoms with Crippen molar-refractivity contribution in [3.05, 3.63) is 24.3 Å². The first-order chi connectivity index (χ1) is 7.70. The van der Waals surface area contributed by atoms with Crippen LogP contribution >= 0.6 is 10.1 Å². The minimum atomic E-state index is 0.421. The van der Waals surface area contributed by atoms with E-state index in [0.29, 0.717) is 10.9 Å². The summed E-state index contributed by atoms with van der Waals surface area (Å²) in [5.41, 5.74) is 0.651. The molecule has 1 rings (SSSR count). The Balaban J connectivity index is 0.00000106. The van der Waals surface area contributed by atoms with Gasteiger partial charge in [0.05, 0.1) is 12.4 Å². The van der Waals surface area contributed by atoms with Crippen molar-refractivity contribution in [2.24, 2.45) is 10.2 Å². The van der Waals surface area contributed by atoms with Gasteiger partial charge in [0, 0.05) is 31.7 Å². The van der Waals surface area contributed by atoms with Gasteiger partial charge < -0.3 is 17.5 Å². The van der Waals surface area contributed by atoms with Crippen molar-refractivity contribution in [3.63, 3.8) is 0 Å². The van der Waals surface area contributed by atoms with Crippen molar-refractivity contribution in [1.29, 1.82) is 0 Å². The van der Waals surface area contributed by atoms with Gasteiger partial charge >= 0.3 is 25.2 Å². The van der Waals surface area contributed by atoms with Crippen LogP contribution in [-0.4, -0.2) is 40.3 Å². The van der Waals surface area contributed by atoms with Crippen LogP contribution in [-0.2, 0) is 27.7 Å². The first-order valence-electron chi connectivity index (χ1n) is 4.03. The molecule has 0 bridgehead atoms. The monoisotopic (exact) mass is 306 g/mol. The van der Waals surface area contributed by atoms with Gasteiger partial charge in [-0.3, -0.25) is 9.97 Å². The molecule has 8 heteroatoms. The Morgan fingerprint density at radius 3 is 2.69 bits per heavy atom. The van der Waals surface area contributed by atoms with Crippen molar-refractivity contribution in [3.8, 4) is 0 Å². The number of halogens is 1. The molecule has 0 aliphatic carbocycles. The van der Waals surface area contributed by atoms with Crippen LogP contribution in [0.2, 0.25) is 0 Å². The summed E-state index contributed by atoms with van der Waals surface area (Å²) < 4.78 is 0. The van der Waals surface area contributed by atoms with E-state index in [1.807, 2.05) is 14.1 Å². The number of hydrogen-bond donors (Lipinski definition) is 0. The summed E-state index contributed by atoms with van der Waals surface area (Å²) in [6.07, 6.45) is 6.28. The fourth-order valence-electron chi connectivity index (χ4n) is 0.604. The predicted molar refractivity (Wildman–Crippen MR) is 64.0 cm³/mol. The number of nitrogens with zero attached hydrogens (tertiary/aromatic N) is 5. The molecule has 0 saturated carbocycles. The Morgan fingerprint density at radius 2 is 2.19 bits per heavy atom. The molecular formula is C8H10ClCuN5S. The molecule has 0 aliphatic heterocycles. The molecule has 0 saturated heterocycles. The molecule has 0 aliphatic rings. The molecule has 1 aromatic rings. The van der Waals surface area contributed by atoms with E-state index >= 15 is 0 Å². The zero-order valence-corrected chi connectivity index (χ0v) is 11.1. The van der Waals surface area contributed by atoms with Crippen LogP contribution in [0.25, 0.3) is 0 Å². The summed E-state index contributed by atoms with van der Waals surface area (Å²) in [7, 11) is 7.82. The fraction of sp³-hybridized carbons (Fsp3) is 0.250. The van der Waals surface area contributed by atoms with Crippen molar-refractivity contribution in [2.75, 3.05) is 14.1 Å². The first kappa shape index (κ1) is 15.2. The average molecular weight is 307 g/mol. The molecule has 1 aromatic heterocycles. The third-order valence-electron chi connectivity index (χ3n) is 1.30. The van der Waals surface area contributed by atoms with Gasteiger partial charge in [-0.15, -0.1) is 0 Å². The number of hydrogen-bond acceptors (Lipinski definition) is 5. The summed E-state index contributed by atoms with van der Waals surface area (Å²) in [5, 5.41) is 7.98. The normalized spacial score (nSPS) is 10.9. The van der Waals surface area contributed by atoms with Gasteiger partial charge in [0.25, 0.3) is 0 Å². The summed E-state index contributed by atoms with van der Waals surface area (Å²) in [6, 6.07) is 0. The summed E-state index contributed by atoms with van der Waals surface area (Å²) in [4.78, 5) is 9.57. The maximum atomic E-state index is 4.90. The first-order valence-corrected chi connectivity index (χ1v) is 5.73. The molecule has 0 amide bonds. The van der Waals surface area contributed by atoms with Gasteiger partial charge in [-0.1, -0.05) is 0 Å². The van der Waals surface area contributed by atoms with Gasteiger partial charge in [0.2, 0.25) is 0 Å². The van der Waals surface area contributed by atoms with E-state index in [0.717, 1.165) is 0 Å². The summed E-state index contributed by atoms with van der Waals surface area (Å²) in [5.74, 6) is 0. The van der Waals surface area contributed by atoms with Crippen LogP contribution < -0.4 is 0 Å². The van der Waals surface area contributed by atoms with Gasteiger partial charge in [-0.2, -0.15) is 10.2 Å². The molecule has 0 N–H and O–H groups in total. The van der Waals surface area contributed by atoms with Gasteiger partial charge in [0.1, 0.15) is 5.69 Å². The number of aromatic nitrogens is 2. The maximum absolute atomic E-state index is 4.90. The summed E-state index contributed by atoms with van der Waals surface area (Å²) >= 11 is 8.56. The van der Waals surface area contributed by atoms with Crippen LogP contribution in [0, 0.1) is 0 Å². The van der Waals surface area contributed by atoms with Crippen LogP contribution in [0.4, 0.5) is 0 Å². The zero-order valence-electron chi connectivity index (χ0n) is 8.63. The third-order valence-corrected chi connectivity index (χ3v) is 1.75.